The quantitative estimate of drug-likeness (QED) is 0.904. The van der Waals surface area contributed by atoms with Gasteiger partial charge in [0.05, 0.1) is 6.04 Å². The highest BCUT2D eigenvalue weighted by atomic mass is 16.2. The summed E-state index contributed by atoms with van der Waals surface area (Å²) < 4.78 is 0. The van der Waals surface area contributed by atoms with Gasteiger partial charge in [0.2, 0.25) is 5.91 Å². The molecule has 1 aliphatic rings. The minimum atomic E-state index is -0.0432. The highest BCUT2D eigenvalue weighted by Crippen LogP contribution is 2.14. The van der Waals surface area contributed by atoms with E-state index in [9.17, 15) is 4.79 Å². The van der Waals surface area contributed by atoms with Gasteiger partial charge in [-0.1, -0.05) is 37.5 Å². The molecule has 1 atom stereocenters. The van der Waals surface area contributed by atoms with Crippen molar-refractivity contribution in [2.45, 2.75) is 45.1 Å². The van der Waals surface area contributed by atoms with Gasteiger partial charge in [-0.05, 0) is 45.0 Å². The third-order valence-electron chi connectivity index (χ3n) is 3.86. The minimum Gasteiger partial charge on any atom is -0.325 e. The third-order valence-corrected chi connectivity index (χ3v) is 3.86. The van der Waals surface area contributed by atoms with Crippen LogP contribution in [0.5, 0.6) is 0 Å². The van der Waals surface area contributed by atoms with E-state index in [4.69, 9.17) is 0 Å². The maximum absolute atomic E-state index is 12.3. The Labute approximate surface area is 116 Å². The number of hydrogen-bond acceptors (Lipinski definition) is 2. The van der Waals surface area contributed by atoms with E-state index in [1.807, 2.05) is 37.3 Å². The van der Waals surface area contributed by atoms with Gasteiger partial charge in [0.1, 0.15) is 0 Å². The van der Waals surface area contributed by atoms with Crippen LogP contribution in [0.25, 0.3) is 0 Å². The zero-order valence-electron chi connectivity index (χ0n) is 11.8. The van der Waals surface area contributed by atoms with Crippen molar-refractivity contribution in [3.8, 4) is 0 Å². The van der Waals surface area contributed by atoms with Crippen molar-refractivity contribution in [3.63, 3.8) is 0 Å². The zero-order valence-corrected chi connectivity index (χ0v) is 11.8. The largest absolute Gasteiger partial charge is 0.325 e. The first-order valence-corrected chi connectivity index (χ1v) is 7.37. The van der Waals surface area contributed by atoms with E-state index in [2.05, 4.69) is 10.2 Å². The van der Waals surface area contributed by atoms with Gasteiger partial charge in [-0.2, -0.15) is 0 Å². The average molecular weight is 260 g/mol. The van der Waals surface area contributed by atoms with Crippen molar-refractivity contribution < 1.29 is 4.79 Å². The van der Waals surface area contributed by atoms with E-state index in [1.54, 1.807) is 0 Å². The van der Waals surface area contributed by atoms with Gasteiger partial charge in [0.25, 0.3) is 0 Å². The first-order chi connectivity index (χ1) is 9.27. The molecule has 0 saturated carbocycles. The van der Waals surface area contributed by atoms with Crippen LogP contribution in [0.4, 0.5) is 5.69 Å². The Balaban J connectivity index is 1.90. The maximum Gasteiger partial charge on any atom is 0.241 e. The fourth-order valence-corrected chi connectivity index (χ4v) is 2.59. The lowest BCUT2D eigenvalue weighted by molar-refractivity contribution is -0.120. The Bertz CT molecular complexity index is 383. The van der Waals surface area contributed by atoms with Crippen molar-refractivity contribution >= 4 is 11.6 Å². The topological polar surface area (TPSA) is 32.3 Å². The second kappa shape index (κ2) is 7.29. The number of benzene rings is 1. The summed E-state index contributed by atoms with van der Waals surface area (Å²) in [6.07, 6.45) is 6.36. The summed E-state index contributed by atoms with van der Waals surface area (Å²) in [6, 6.07) is 9.65. The molecule has 1 saturated heterocycles. The van der Waals surface area contributed by atoms with Crippen LogP contribution in [0.3, 0.4) is 0 Å². The molecule has 19 heavy (non-hydrogen) atoms. The van der Waals surface area contributed by atoms with Crippen LogP contribution >= 0.6 is 0 Å². The van der Waals surface area contributed by atoms with Gasteiger partial charge in [0.15, 0.2) is 0 Å². The van der Waals surface area contributed by atoms with Crippen molar-refractivity contribution in [3.05, 3.63) is 30.3 Å². The van der Waals surface area contributed by atoms with Crippen LogP contribution in [-0.2, 0) is 4.79 Å². The monoisotopic (exact) mass is 260 g/mol. The van der Waals surface area contributed by atoms with Crippen LogP contribution < -0.4 is 5.32 Å². The molecule has 1 amide bonds. The van der Waals surface area contributed by atoms with E-state index < -0.39 is 0 Å². The van der Waals surface area contributed by atoms with Gasteiger partial charge >= 0.3 is 0 Å². The molecule has 2 rings (SSSR count). The molecule has 104 valence electrons. The predicted octanol–water partition coefficient (Wildman–Crippen LogP) is 3.28. The minimum absolute atomic E-state index is 0.0432. The second-order valence-corrected chi connectivity index (χ2v) is 5.33. The molecule has 3 heteroatoms. The number of likely N-dealkylation sites (tertiary alicyclic amines) is 1. The summed E-state index contributed by atoms with van der Waals surface area (Å²) >= 11 is 0. The van der Waals surface area contributed by atoms with Crippen LogP contribution in [-0.4, -0.2) is 29.9 Å². The number of carbonyl (C=O) groups is 1. The molecule has 0 spiro atoms. The van der Waals surface area contributed by atoms with Gasteiger partial charge in [-0.3, -0.25) is 9.69 Å². The predicted molar refractivity (Wildman–Crippen MR) is 79.2 cm³/mol. The number of anilines is 1. The molecule has 1 aliphatic heterocycles. The molecule has 1 fully saturated rings. The van der Waals surface area contributed by atoms with Crippen molar-refractivity contribution in [2.24, 2.45) is 0 Å². The average Bonchev–Trinajstić information content (AvgIpc) is 2.39. The van der Waals surface area contributed by atoms with Crippen LogP contribution in [0.1, 0.15) is 39.0 Å². The standard InChI is InChI=1S/C16H24N2O/c1-14(18-12-8-3-2-4-9-13-18)16(19)17-15-10-6-5-7-11-15/h5-7,10-11,14H,2-4,8-9,12-13H2,1H3,(H,17,19)/t14-/m1/s1. The Hall–Kier alpha value is -1.35. The Kier molecular flexibility index (Phi) is 5.40. The molecule has 0 radical (unpaired) electrons. The maximum atomic E-state index is 12.3. The van der Waals surface area contributed by atoms with Crippen LogP contribution in [0.2, 0.25) is 0 Å². The molecular weight excluding hydrogens is 236 g/mol. The Morgan fingerprint density at radius 1 is 1.05 bits per heavy atom. The fourth-order valence-electron chi connectivity index (χ4n) is 2.59. The van der Waals surface area contributed by atoms with Crippen molar-refractivity contribution in [1.29, 1.82) is 0 Å². The molecule has 0 aromatic heterocycles. The SMILES string of the molecule is C[C@H](C(=O)Nc1ccccc1)N1CCCCCCC1. The number of para-hydroxylation sites is 1. The third kappa shape index (κ3) is 4.35. The molecular formula is C16H24N2O. The number of hydrogen-bond donors (Lipinski definition) is 1. The normalized spacial score (nSPS) is 19.2. The summed E-state index contributed by atoms with van der Waals surface area (Å²) in [7, 11) is 0. The first-order valence-electron chi connectivity index (χ1n) is 7.37. The summed E-state index contributed by atoms with van der Waals surface area (Å²) in [6.45, 7) is 4.10. The number of amides is 1. The van der Waals surface area contributed by atoms with E-state index >= 15 is 0 Å². The lowest BCUT2D eigenvalue weighted by Gasteiger charge is -2.29. The molecule has 1 aromatic carbocycles. The first kappa shape index (κ1) is 14.1. The highest BCUT2D eigenvalue weighted by molar-refractivity contribution is 5.94. The highest BCUT2D eigenvalue weighted by Gasteiger charge is 2.21. The lowest BCUT2D eigenvalue weighted by Crippen LogP contribution is -2.43. The molecule has 0 bridgehead atoms. The Morgan fingerprint density at radius 2 is 1.63 bits per heavy atom. The second-order valence-electron chi connectivity index (χ2n) is 5.33. The molecule has 0 aliphatic carbocycles. The lowest BCUT2D eigenvalue weighted by atomic mass is 10.1. The number of nitrogens with one attached hydrogen (secondary N) is 1. The van der Waals surface area contributed by atoms with Gasteiger partial charge < -0.3 is 5.32 Å². The molecule has 3 nitrogen and oxygen atoms in total. The van der Waals surface area contributed by atoms with Crippen molar-refractivity contribution in [1.82, 2.24) is 4.90 Å². The van der Waals surface area contributed by atoms with E-state index in [0.29, 0.717) is 0 Å². The van der Waals surface area contributed by atoms with E-state index in [-0.39, 0.29) is 11.9 Å². The molecule has 1 heterocycles. The van der Waals surface area contributed by atoms with Crippen LogP contribution in [0, 0.1) is 0 Å². The van der Waals surface area contributed by atoms with Gasteiger partial charge in [-0.25, -0.2) is 0 Å². The van der Waals surface area contributed by atoms with E-state index in [1.165, 1.54) is 32.1 Å². The molecule has 0 unspecified atom stereocenters. The smallest absolute Gasteiger partial charge is 0.241 e. The zero-order chi connectivity index (χ0) is 13.5. The summed E-state index contributed by atoms with van der Waals surface area (Å²) in [5, 5.41) is 2.99. The van der Waals surface area contributed by atoms with E-state index in [0.717, 1.165) is 18.8 Å². The molecule has 1 aromatic rings. The van der Waals surface area contributed by atoms with Gasteiger partial charge in [-0.15, -0.1) is 0 Å². The van der Waals surface area contributed by atoms with Gasteiger partial charge in [0, 0.05) is 5.69 Å². The number of rotatable bonds is 3. The summed E-state index contributed by atoms with van der Waals surface area (Å²) in [5.41, 5.74) is 0.881. The fraction of sp³-hybridized carbons (Fsp3) is 0.562. The Morgan fingerprint density at radius 3 is 2.26 bits per heavy atom. The number of nitrogens with zero attached hydrogens (tertiary/aromatic N) is 1. The molecule has 1 N–H and O–H groups in total. The van der Waals surface area contributed by atoms with Crippen LogP contribution in [0.15, 0.2) is 30.3 Å². The van der Waals surface area contributed by atoms with Crippen molar-refractivity contribution in [2.75, 3.05) is 18.4 Å². The summed E-state index contributed by atoms with van der Waals surface area (Å²) in [5.74, 6) is 0.103. The summed E-state index contributed by atoms with van der Waals surface area (Å²) in [4.78, 5) is 14.6. The number of carbonyl (C=O) groups excluding carboxylic acids is 1.